The van der Waals surface area contributed by atoms with Gasteiger partial charge in [-0.2, -0.15) is 0 Å². The molecule has 0 radical (unpaired) electrons. The van der Waals surface area contributed by atoms with Crippen molar-refractivity contribution < 1.29 is 4.74 Å². The molecule has 2 aromatic heterocycles. The van der Waals surface area contributed by atoms with Gasteiger partial charge in [0.25, 0.3) is 0 Å². The van der Waals surface area contributed by atoms with Crippen LogP contribution in [0.3, 0.4) is 0 Å². The third kappa shape index (κ3) is 3.29. The maximum Gasteiger partial charge on any atom is 0.138 e. The van der Waals surface area contributed by atoms with Crippen LogP contribution in [0.5, 0.6) is 5.75 Å². The number of pyridine rings is 2. The Labute approximate surface area is 108 Å². The van der Waals surface area contributed by atoms with Crippen LogP contribution in [0.2, 0.25) is 0 Å². The van der Waals surface area contributed by atoms with Gasteiger partial charge in [-0.05, 0) is 29.8 Å². The summed E-state index contributed by atoms with van der Waals surface area (Å²) in [6.07, 6.45) is 5.31. The third-order valence-corrected chi connectivity index (χ3v) is 2.66. The molecule has 0 aliphatic carbocycles. The van der Waals surface area contributed by atoms with Gasteiger partial charge in [-0.15, -0.1) is 0 Å². The van der Waals surface area contributed by atoms with E-state index >= 15 is 0 Å². The molecule has 0 N–H and O–H groups in total. The van der Waals surface area contributed by atoms with Crippen LogP contribution < -0.4 is 4.74 Å². The van der Waals surface area contributed by atoms with E-state index in [0.717, 1.165) is 17.0 Å². The molecule has 0 aromatic carbocycles. The number of nitrogens with zero attached hydrogens (tertiary/aromatic N) is 2. The van der Waals surface area contributed by atoms with Gasteiger partial charge < -0.3 is 4.74 Å². The highest BCUT2D eigenvalue weighted by atomic mass is 16.5. The fourth-order valence-electron chi connectivity index (χ4n) is 1.56. The molecule has 2 aromatic rings. The summed E-state index contributed by atoms with van der Waals surface area (Å²) in [5, 5.41) is 0. The molecular weight excluding hydrogens is 224 g/mol. The molecule has 2 rings (SSSR count). The summed E-state index contributed by atoms with van der Waals surface area (Å²) in [6, 6.07) is 7.87. The van der Waals surface area contributed by atoms with Crippen molar-refractivity contribution in [1.29, 1.82) is 0 Å². The minimum Gasteiger partial charge on any atom is -0.487 e. The van der Waals surface area contributed by atoms with E-state index in [-0.39, 0.29) is 5.41 Å². The van der Waals surface area contributed by atoms with E-state index in [4.69, 9.17) is 4.74 Å². The normalized spacial score (nSPS) is 11.3. The van der Waals surface area contributed by atoms with Crippen LogP contribution in [-0.4, -0.2) is 9.97 Å². The van der Waals surface area contributed by atoms with E-state index in [0.29, 0.717) is 6.61 Å². The predicted octanol–water partition coefficient (Wildman–Crippen LogP) is 3.35. The van der Waals surface area contributed by atoms with E-state index in [1.807, 2.05) is 24.3 Å². The fourth-order valence-corrected chi connectivity index (χ4v) is 1.56. The van der Waals surface area contributed by atoms with Crippen LogP contribution in [0.15, 0.2) is 42.9 Å². The molecule has 0 spiro atoms. The molecule has 0 aliphatic rings. The number of rotatable bonds is 3. The Kier molecular flexibility index (Phi) is 3.60. The zero-order valence-electron chi connectivity index (χ0n) is 11.1. The average Bonchev–Trinajstić information content (AvgIpc) is 2.37. The maximum absolute atomic E-state index is 5.67. The highest BCUT2D eigenvalue weighted by molar-refractivity contribution is 5.23. The summed E-state index contributed by atoms with van der Waals surface area (Å²) in [4.78, 5) is 8.40. The first-order chi connectivity index (χ1) is 8.55. The first kappa shape index (κ1) is 12.6. The van der Waals surface area contributed by atoms with Crippen LogP contribution in [-0.2, 0) is 12.0 Å². The van der Waals surface area contributed by atoms with Gasteiger partial charge in [0.15, 0.2) is 0 Å². The third-order valence-electron chi connectivity index (χ3n) is 2.66. The van der Waals surface area contributed by atoms with Crippen molar-refractivity contribution in [2.45, 2.75) is 32.8 Å². The largest absolute Gasteiger partial charge is 0.487 e. The van der Waals surface area contributed by atoms with Crippen LogP contribution in [0.1, 0.15) is 32.0 Å². The topological polar surface area (TPSA) is 35.0 Å². The number of hydrogen-bond acceptors (Lipinski definition) is 3. The molecule has 0 amide bonds. The Morgan fingerprint density at radius 1 is 1.06 bits per heavy atom. The molecule has 0 atom stereocenters. The lowest BCUT2D eigenvalue weighted by Gasteiger charge is -2.17. The summed E-state index contributed by atoms with van der Waals surface area (Å²) < 4.78 is 5.67. The smallest absolute Gasteiger partial charge is 0.138 e. The molecule has 0 saturated heterocycles. The molecular formula is C15H18N2O. The van der Waals surface area contributed by atoms with Crippen molar-refractivity contribution in [3.63, 3.8) is 0 Å². The quantitative estimate of drug-likeness (QED) is 0.827. The second-order valence-electron chi connectivity index (χ2n) is 5.27. The lowest BCUT2D eigenvalue weighted by Crippen LogP contribution is -2.13. The Morgan fingerprint density at radius 2 is 1.78 bits per heavy atom. The highest BCUT2D eigenvalue weighted by Crippen LogP contribution is 2.21. The summed E-state index contributed by atoms with van der Waals surface area (Å²) in [6.45, 7) is 6.98. The van der Waals surface area contributed by atoms with Gasteiger partial charge in [-0.25, -0.2) is 0 Å². The zero-order valence-corrected chi connectivity index (χ0v) is 11.1. The van der Waals surface area contributed by atoms with Crippen molar-refractivity contribution in [3.05, 3.63) is 54.1 Å². The summed E-state index contributed by atoms with van der Waals surface area (Å²) in [5.74, 6) is 0.791. The lowest BCUT2D eigenvalue weighted by atomic mass is 9.92. The average molecular weight is 242 g/mol. The Morgan fingerprint density at radius 3 is 2.33 bits per heavy atom. The summed E-state index contributed by atoms with van der Waals surface area (Å²) >= 11 is 0. The number of hydrogen-bond donors (Lipinski definition) is 0. The zero-order chi connectivity index (χ0) is 13.0. The van der Waals surface area contributed by atoms with E-state index in [2.05, 4.69) is 30.7 Å². The standard InChI is InChI=1S/C15H18N2O/c1-15(2,3)14-5-4-13(10-17-14)18-11-12-6-8-16-9-7-12/h4-10H,11H2,1-3H3. The van der Waals surface area contributed by atoms with Gasteiger partial charge in [0.2, 0.25) is 0 Å². The van der Waals surface area contributed by atoms with Gasteiger partial charge in [-0.3, -0.25) is 9.97 Å². The van der Waals surface area contributed by atoms with Crippen molar-refractivity contribution in [2.24, 2.45) is 0 Å². The fraction of sp³-hybridized carbons (Fsp3) is 0.333. The lowest BCUT2D eigenvalue weighted by molar-refractivity contribution is 0.304. The van der Waals surface area contributed by atoms with Gasteiger partial charge >= 0.3 is 0 Å². The van der Waals surface area contributed by atoms with Crippen LogP contribution in [0.4, 0.5) is 0 Å². The molecule has 0 fully saturated rings. The van der Waals surface area contributed by atoms with Crippen molar-refractivity contribution in [3.8, 4) is 5.75 Å². The molecule has 3 nitrogen and oxygen atoms in total. The van der Waals surface area contributed by atoms with Crippen molar-refractivity contribution in [2.75, 3.05) is 0 Å². The number of ether oxygens (including phenoxy) is 1. The van der Waals surface area contributed by atoms with Crippen LogP contribution >= 0.6 is 0 Å². The molecule has 0 saturated carbocycles. The van der Waals surface area contributed by atoms with E-state index in [1.54, 1.807) is 18.6 Å². The molecule has 3 heteroatoms. The Hall–Kier alpha value is -1.90. The molecule has 18 heavy (non-hydrogen) atoms. The van der Waals surface area contributed by atoms with E-state index < -0.39 is 0 Å². The van der Waals surface area contributed by atoms with Crippen LogP contribution in [0.25, 0.3) is 0 Å². The monoisotopic (exact) mass is 242 g/mol. The van der Waals surface area contributed by atoms with Gasteiger partial charge in [0.05, 0.1) is 6.20 Å². The van der Waals surface area contributed by atoms with Crippen molar-refractivity contribution >= 4 is 0 Å². The molecule has 0 bridgehead atoms. The second kappa shape index (κ2) is 5.17. The molecule has 0 unspecified atom stereocenters. The summed E-state index contributed by atoms with van der Waals surface area (Å²) in [5.41, 5.74) is 2.24. The van der Waals surface area contributed by atoms with Crippen LogP contribution in [0, 0.1) is 0 Å². The Bertz CT molecular complexity index is 486. The van der Waals surface area contributed by atoms with E-state index in [1.165, 1.54) is 0 Å². The van der Waals surface area contributed by atoms with Crippen molar-refractivity contribution in [1.82, 2.24) is 9.97 Å². The minimum absolute atomic E-state index is 0.0730. The predicted molar refractivity (Wildman–Crippen MR) is 71.5 cm³/mol. The summed E-state index contributed by atoms with van der Waals surface area (Å²) in [7, 11) is 0. The number of aromatic nitrogens is 2. The second-order valence-corrected chi connectivity index (χ2v) is 5.27. The molecule has 94 valence electrons. The van der Waals surface area contributed by atoms with Gasteiger partial charge in [0.1, 0.15) is 12.4 Å². The van der Waals surface area contributed by atoms with Gasteiger partial charge in [0, 0.05) is 23.5 Å². The maximum atomic E-state index is 5.67. The molecule has 2 heterocycles. The molecule has 0 aliphatic heterocycles. The highest BCUT2D eigenvalue weighted by Gasteiger charge is 2.14. The van der Waals surface area contributed by atoms with E-state index in [9.17, 15) is 0 Å². The first-order valence-corrected chi connectivity index (χ1v) is 6.04. The Balaban J connectivity index is 1.99. The first-order valence-electron chi connectivity index (χ1n) is 6.04. The SMILES string of the molecule is CC(C)(C)c1ccc(OCc2ccncc2)cn1. The van der Waals surface area contributed by atoms with Gasteiger partial charge in [-0.1, -0.05) is 20.8 Å². The minimum atomic E-state index is 0.0730.